The third-order valence-electron chi connectivity index (χ3n) is 3.22. The van der Waals surface area contributed by atoms with E-state index in [-0.39, 0.29) is 18.6 Å². The highest BCUT2D eigenvalue weighted by molar-refractivity contribution is 6.00. The Balaban J connectivity index is 1.69. The molecular formula is C16H14N2O3. The van der Waals surface area contributed by atoms with Gasteiger partial charge >= 0.3 is 12.0 Å². The molecule has 0 unspecified atom stereocenters. The summed E-state index contributed by atoms with van der Waals surface area (Å²) in [5.74, 6) is -0.319. The maximum atomic E-state index is 11.9. The number of anilines is 2. The lowest BCUT2D eigenvalue weighted by atomic mass is 10.1. The molecule has 5 heteroatoms. The van der Waals surface area contributed by atoms with Crippen LogP contribution in [-0.2, 0) is 11.3 Å². The molecule has 1 heterocycles. The zero-order valence-electron chi connectivity index (χ0n) is 11.5. The Morgan fingerprint density at radius 1 is 1.10 bits per heavy atom. The van der Waals surface area contributed by atoms with Crippen molar-refractivity contribution in [2.24, 2.45) is 0 Å². The number of carbonyl (C=O) groups excluding carboxylic acids is 2. The van der Waals surface area contributed by atoms with Crippen molar-refractivity contribution >= 4 is 23.4 Å². The number of hydrogen-bond donors (Lipinski definition) is 2. The summed E-state index contributed by atoms with van der Waals surface area (Å²) in [5, 5.41) is 5.50. The first-order valence-electron chi connectivity index (χ1n) is 6.56. The average Bonchev–Trinajstić information content (AvgIpc) is 2.80. The standard InChI is InChI=1S/C16H14N2O3/c1-10-3-2-4-12(7-10)17-16(20)18-13-5-6-14-11(8-13)9-21-15(14)19/h2-8H,9H2,1H3,(H2,17,18,20). The minimum Gasteiger partial charge on any atom is -0.457 e. The first-order valence-corrected chi connectivity index (χ1v) is 6.56. The Bertz CT molecular complexity index is 725. The molecular weight excluding hydrogens is 268 g/mol. The van der Waals surface area contributed by atoms with Gasteiger partial charge in [0.2, 0.25) is 0 Å². The van der Waals surface area contributed by atoms with Gasteiger partial charge in [0.15, 0.2) is 0 Å². The normalized spacial score (nSPS) is 12.5. The van der Waals surface area contributed by atoms with E-state index in [0.29, 0.717) is 11.3 Å². The van der Waals surface area contributed by atoms with E-state index in [1.165, 1.54) is 0 Å². The lowest BCUT2D eigenvalue weighted by Crippen LogP contribution is -2.19. The SMILES string of the molecule is Cc1cccc(NC(=O)Nc2ccc3c(c2)COC3=O)c1. The number of nitrogens with one attached hydrogen (secondary N) is 2. The number of fused-ring (bicyclic) bond motifs is 1. The average molecular weight is 282 g/mol. The molecule has 106 valence electrons. The molecule has 1 aliphatic rings. The smallest absolute Gasteiger partial charge is 0.338 e. The van der Waals surface area contributed by atoms with Crippen LogP contribution in [0.3, 0.4) is 0 Å². The van der Waals surface area contributed by atoms with Gasteiger partial charge in [-0.25, -0.2) is 9.59 Å². The minimum atomic E-state index is -0.328. The molecule has 0 radical (unpaired) electrons. The number of benzene rings is 2. The molecule has 2 amide bonds. The predicted octanol–water partition coefficient (Wildman–Crippen LogP) is 3.31. The molecule has 0 atom stereocenters. The van der Waals surface area contributed by atoms with Gasteiger partial charge in [-0.3, -0.25) is 0 Å². The van der Waals surface area contributed by atoms with Crippen LogP contribution < -0.4 is 10.6 Å². The van der Waals surface area contributed by atoms with Crippen LogP contribution in [0.5, 0.6) is 0 Å². The zero-order valence-corrected chi connectivity index (χ0v) is 11.5. The quantitative estimate of drug-likeness (QED) is 0.830. The molecule has 0 aliphatic carbocycles. The van der Waals surface area contributed by atoms with Crippen molar-refractivity contribution in [2.75, 3.05) is 10.6 Å². The molecule has 0 bridgehead atoms. The lowest BCUT2D eigenvalue weighted by Gasteiger charge is -2.08. The van der Waals surface area contributed by atoms with Gasteiger partial charge in [-0.2, -0.15) is 0 Å². The van der Waals surface area contributed by atoms with Crippen molar-refractivity contribution in [3.8, 4) is 0 Å². The Morgan fingerprint density at radius 2 is 1.86 bits per heavy atom. The minimum absolute atomic E-state index is 0.253. The van der Waals surface area contributed by atoms with Gasteiger partial charge in [-0.15, -0.1) is 0 Å². The summed E-state index contributed by atoms with van der Waals surface area (Å²) in [7, 11) is 0. The number of amides is 2. The Labute approximate surface area is 121 Å². The fourth-order valence-corrected chi connectivity index (χ4v) is 2.23. The second-order valence-electron chi connectivity index (χ2n) is 4.90. The maximum absolute atomic E-state index is 11.9. The van der Waals surface area contributed by atoms with Crippen LogP contribution >= 0.6 is 0 Å². The molecule has 2 aromatic carbocycles. The highest BCUT2D eigenvalue weighted by Crippen LogP contribution is 2.23. The van der Waals surface area contributed by atoms with Crippen molar-refractivity contribution in [1.29, 1.82) is 0 Å². The van der Waals surface area contributed by atoms with Crippen LogP contribution in [0.15, 0.2) is 42.5 Å². The van der Waals surface area contributed by atoms with Crippen molar-refractivity contribution in [2.45, 2.75) is 13.5 Å². The number of aryl methyl sites for hydroxylation is 1. The van der Waals surface area contributed by atoms with E-state index in [4.69, 9.17) is 4.74 Å². The third kappa shape index (κ3) is 2.86. The number of esters is 1. The van der Waals surface area contributed by atoms with E-state index in [9.17, 15) is 9.59 Å². The predicted molar refractivity (Wildman–Crippen MR) is 79.4 cm³/mol. The third-order valence-corrected chi connectivity index (χ3v) is 3.22. The summed E-state index contributed by atoms with van der Waals surface area (Å²) in [6.45, 7) is 2.21. The molecule has 0 saturated carbocycles. The second kappa shape index (κ2) is 5.28. The van der Waals surface area contributed by atoms with Gasteiger partial charge in [0.25, 0.3) is 0 Å². The number of urea groups is 1. The van der Waals surface area contributed by atoms with Gasteiger partial charge in [0.1, 0.15) is 6.61 Å². The maximum Gasteiger partial charge on any atom is 0.338 e. The number of carbonyl (C=O) groups is 2. The van der Waals surface area contributed by atoms with Crippen molar-refractivity contribution in [1.82, 2.24) is 0 Å². The van der Waals surface area contributed by atoms with Crippen molar-refractivity contribution < 1.29 is 14.3 Å². The van der Waals surface area contributed by atoms with Crippen molar-refractivity contribution in [3.63, 3.8) is 0 Å². The number of ether oxygens (including phenoxy) is 1. The number of hydrogen-bond acceptors (Lipinski definition) is 3. The number of rotatable bonds is 2. The molecule has 0 aromatic heterocycles. The van der Waals surface area contributed by atoms with Gasteiger partial charge in [-0.05, 0) is 42.8 Å². The molecule has 0 saturated heterocycles. The summed E-state index contributed by atoms with van der Waals surface area (Å²) in [5.41, 5.74) is 3.76. The second-order valence-corrected chi connectivity index (χ2v) is 4.90. The molecule has 2 N–H and O–H groups in total. The highest BCUT2D eigenvalue weighted by Gasteiger charge is 2.21. The van der Waals surface area contributed by atoms with Crippen LogP contribution in [0.25, 0.3) is 0 Å². The first-order chi connectivity index (χ1) is 10.1. The molecule has 5 nitrogen and oxygen atoms in total. The number of cyclic esters (lactones) is 1. The summed E-state index contributed by atoms with van der Waals surface area (Å²) in [6, 6.07) is 12.3. The Kier molecular flexibility index (Phi) is 3.31. The van der Waals surface area contributed by atoms with Gasteiger partial charge in [-0.1, -0.05) is 12.1 Å². The van der Waals surface area contributed by atoms with Crippen LogP contribution in [0.1, 0.15) is 21.5 Å². The van der Waals surface area contributed by atoms with E-state index < -0.39 is 0 Å². The molecule has 2 aromatic rings. The Hall–Kier alpha value is -2.82. The Morgan fingerprint density at radius 3 is 2.62 bits per heavy atom. The van der Waals surface area contributed by atoms with Crippen LogP contribution in [-0.4, -0.2) is 12.0 Å². The monoisotopic (exact) mass is 282 g/mol. The van der Waals surface area contributed by atoms with E-state index >= 15 is 0 Å². The van der Waals surface area contributed by atoms with E-state index in [1.807, 2.05) is 31.2 Å². The van der Waals surface area contributed by atoms with E-state index in [2.05, 4.69) is 10.6 Å². The summed E-state index contributed by atoms with van der Waals surface area (Å²) in [6.07, 6.45) is 0. The highest BCUT2D eigenvalue weighted by atomic mass is 16.5. The fraction of sp³-hybridized carbons (Fsp3) is 0.125. The summed E-state index contributed by atoms with van der Waals surface area (Å²) < 4.78 is 4.92. The van der Waals surface area contributed by atoms with Gasteiger partial charge < -0.3 is 15.4 Å². The molecule has 0 fully saturated rings. The van der Waals surface area contributed by atoms with E-state index in [1.54, 1.807) is 18.2 Å². The molecule has 3 rings (SSSR count). The van der Waals surface area contributed by atoms with Crippen LogP contribution in [0, 0.1) is 6.92 Å². The van der Waals surface area contributed by atoms with Crippen molar-refractivity contribution in [3.05, 3.63) is 59.2 Å². The lowest BCUT2D eigenvalue weighted by molar-refractivity contribution is 0.0535. The molecule has 21 heavy (non-hydrogen) atoms. The van der Waals surface area contributed by atoms with Crippen LogP contribution in [0.4, 0.5) is 16.2 Å². The molecule has 1 aliphatic heterocycles. The van der Waals surface area contributed by atoms with Gasteiger partial charge in [0.05, 0.1) is 5.56 Å². The summed E-state index contributed by atoms with van der Waals surface area (Å²) in [4.78, 5) is 23.3. The topological polar surface area (TPSA) is 67.4 Å². The largest absolute Gasteiger partial charge is 0.457 e. The van der Waals surface area contributed by atoms with Crippen LogP contribution in [0.2, 0.25) is 0 Å². The van der Waals surface area contributed by atoms with Gasteiger partial charge in [0, 0.05) is 16.9 Å². The summed E-state index contributed by atoms with van der Waals surface area (Å²) >= 11 is 0. The first kappa shape index (κ1) is 13.2. The fourth-order valence-electron chi connectivity index (χ4n) is 2.23. The van der Waals surface area contributed by atoms with E-state index in [0.717, 1.165) is 16.8 Å². The zero-order chi connectivity index (χ0) is 14.8. The molecule has 0 spiro atoms.